The molecule has 1 aromatic heterocycles. The molecule has 0 aliphatic carbocycles. The van der Waals surface area contributed by atoms with E-state index in [-0.39, 0.29) is 17.5 Å². The van der Waals surface area contributed by atoms with Crippen LogP contribution < -0.4 is 0 Å². The molecule has 0 aliphatic heterocycles. The van der Waals surface area contributed by atoms with Gasteiger partial charge in [0.25, 0.3) is 0 Å². The van der Waals surface area contributed by atoms with Crippen molar-refractivity contribution in [2.45, 2.75) is 38.6 Å². The predicted molar refractivity (Wildman–Crippen MR) is 62.7 cm³/mol. The lowest BCUT2D eigenvalue weighted by Gasteiger charge is -2.23. The van der Waals surface area contributed by atoms with E-state index in [2.05, 4.69) is 10.2 Å². The molecule has 17 heavy (non-hydrogen) atoms. The first-order valence-electron chi connectivity index (χ1n) is 5.22. The Balaban J connectivity index is 3.32. The van der Waals surface area contributed by atoms with Crippen LogP contribution in [0.25, 0.3) is 0 Å². The fourth-order valence-electron chi connectivity index (χ4n) is 1.65. The molecule has 1 aromatic rings. The number of H-pyrrole nitrogens is 1. The highest BCUT2D eigenvalue weighted by atomic mass is 32.2. The van der Waals surface area contributed by atoms with Gasteiger partial charge in [0.05, 0.1) is 17.5 Å². The van der Waals surface area contributed by atoms with Gasteiger partial charge in [-0.15, -0.1) is 0 Å². The first-order chi connectivity index (χ1) is 7.82. The van der Waals surface area contributed by atoms with Gasteiger partial charge >= 0.3 is 0 Å². The molecular formula is C10H16N4O2S. The van der Waals surface area contributed by atoms with Crippen LogP contribution in [0.4, 0.5) is 0 Å². The maximum atomic E-state index is 12.4. The van der Waals surface area contributed by atoms with Crippen LogP contribution in [0.5, 0.6) is 0 Å². The summed E-state index contributed by atoms with van der Waals surface area (Å²) >= 11 is 0. The van der Waals surface area contributed by atoms with Gasteiger partial charge in [-0.2, -0.15) is 14.7 Å². The number of nitriles is 1. The van der Waals surface area contributed by atoms with Gasteiger partial charge in [0.15, 0.2) is 0 Å². The van der Waals surface area contributed by atoms with Gasteiger partial charge in [0.1, 0.15) is 11.4 Å². The van der Waals surface area contributed by atoms with Crippen molar-refractivity contribution in [1.82, 2.24) is 14.5 Å². The number of rotatable bonds is 4. The second-order valence-corrected chi connectivity index (χ2v) is 5.89. The van der Waals surface area contributed by atoms with E-state index in [1.807, 2.05) is 6.07 Å². The molecule has 0 aliphatic rings. The van der Waals surface area contributed by atoms with E-state index in [0.717, 1.165) is 4.31 Å². The molecule has 0 saturated heterocycles. The number of sulfonamides is 1. The third kappa shape index (κ3) is 2.48. The summed E-state index contributed by atoms with van der Waals surface area (Å²) in [5.41, 5.74) is 0.914. The molecule has 1 rings (SSSR count). The van der Waals surface area contributed by atoms with Gasteiger partial charge in [-0.3, -0.25) is 5.10 Å². The number of hydrogen-bond donors (Lipinski definition) is 1. The minimum absolute atomic E-state index is 0.163. The van der Waals surface area contributed by atoms with Gasteiger partial charge in [-0.1, -0.05) is 0 Å². The summed E-state index contributed by atoms with van der Waals surface area (Å²) in [6.45, 7) is 6.59. The maximum Gasteiger partial charge on any atom is 0.247 e. The van der Waals surface area contributed by atoms with Gasteiger partial charge in [0, 0.05) is 6.04 Å². The number of aromatic amines is 1. The second-order valence-electron chi connectivity index (χ2n) is 4.07. The Morgan fingerprint density at radius 1 is 1.47 bits per heavy atom. The highest BCUT2D eigenvalue weighted by Crippen LogP contribution is 2.22. The van der Waals surface area contributed by atoms with E-state index in [0.29, 0.717) is 11.4 Å². The monoisotopic (exact) mass is 256 g/mol. The lowest BCUT2D eigenvalue weighted by atomic mass is 10.4. The quantitative estimate of drug-likeness (QED) is 0.812. The molecule has 1 heterocycles. The fraction of sp³-hybridized carbons (Fsp3) is 0.600. The molecule has 0 amide bonds. The summed E-state index contributed by atoms with van der Waals surface area (Å²) in [7, 11) is -3.66. The number of nitrogens with one attached hydrogen (secondary N) is 1. The SMILES string of the molecule is Cc1n[nH]c(C)c1S(=O)(=O)N(CC#N)C(C)C. The Labute approximate surface area is 101 Å². The van der Waals surface area contributed by atoms with Crippen molar-refractivity contribution >= 4 is 10.0 Å². The van der Waals surface area contributed by atoms with Gasteiger partial charge in [-0.05, 0) is 27.7 Å². The van der Waals surface area contributed by atoms with Gasteiger partial charge < -0.3 is 0 Å². The number of hydrogen-bond acceptors (Lipinski definition) is 4. The average Bonchev–Trinajstić information content (AvgIpc) is 2.54. The zero-order valence-corrected chi connectivity index (χ0v) is 11.2. The van der Waals surface area contributed by atoms with Gasteiger partial charge in [-0.25, -0.2) is 8.42 Å². The Morgan fingerprint density at radius 3 is 2.41 bits per heavy atom. The fourth-order valence-corrected chi connectivity index (χ4v) is 3.52. The van der Waals surface area contributed by atoms with Crippen LogP contribution >= 0.6 is 0 Å². The van der Waals surface area contributed by atoms with E-state index >= 15 is 0 Å². The Morgan fingerprint density at radius 2 is 2.06 bits per heavy atom. The second kappa shape index (κ2) is 4.85. The van der Waals surface area contributed by atoms with Crippen LogP contribution in [0, 0.1) is 25.2 Å². The minimum Gasteiger partial charge on any atom is -0.281 e. The van der Waals surface area contributed by atoms with Gasteiger partial charge in [0.2, 0.25) is 10.0 Å². The highest BCUT2D eigenvalue weighted by molar-refractivity contribution is 7.89. The highest BCUT2D eigenvalue weighted by Gasteiger charge is 2.31. The molecular weight excluding hydrogens is 240 g/mol. The topological polar surface area (TPSA) is 89.8 Å². The molecule has 0 bridgehead atoms. The van der Waals surface area contributed by atoms with Crippen LogP contribution in [-0.4, -0.2) is 35.5 Å². The summed E-state index contributed by atoms with van der Waals surface area (Å²) in [5.74, 6) is 0. The van der Waals surface area contributed by atoms with Crippen LogP contribution in [0.15, 0.2) is 4.90 Å². The lowest BCUT2D eigenvalue weighted by molar-refractivity contribution is 0.385. The summed E-state index contributed by atoms with van der Waals surface area (Å²) in [5, 5.41) is 15.2. The molecule has 0 fully saturated rings. The maximum absolute atomic E-state index is 12.4. The molecule has 0 unspecified atom stereocenters. The summed E-state index contributed by atoms with van der Waals surface area (Å²) in [6.07, 6.45) is 0. The van der Waals surface area contributed by atoms with E-state index in [1.54, 1.807) is 27.7 Å². The van der Waals surface area contributed by atoms with E-state index in [9.17, 15) is 8.42 Å². The molecule has 0 spiro atoms. The van der Waals surface area contributed by atoms with E-state index in [1.165, 1.54) is 0 Å². The third-order valence-electron chi connectivity index (χ3n) is 2.43. The average molecular weight is 256 g/mol. The molecule has 0 atom stereocenters. The van der Waals surface area contributed by atoms with Crippen LogP contribution in [0.1, 0.15) is 25.2 Å². The third-order valence-corrected chi connectivity index (χ3v) is 4.72. The number of aromatic nitrogens is 2. The molecule has 94 valence electrons. The summed E-state index contributed by atoms with van der Waals surface area (Å²) < 4.78 is 25.9. The smallest absolute Gasteiger partial charge is 0.247 e. The van der Waals surface area contributed by atoms with Crippen molar-refractivity contribution in [2.24, 2.45) is 0 Å². The van der Waals surface area contributed by atoms with Crippen molar-refractivity contribution in [2.75, 3.05) is 6.54 Å². The van der Waals surface area contributed by atoms with E-state index < -0.39 is 10.0 Å². The zero-order valence-electron chi connectivity index (χ0n) is 10.4. The zero-order chi connectivity index (χ0) is 13.2. The molecule has 6 nitrogen and oxygen atoms in total. The standard InChI is InChI=1S/C10H16N4O2S/c1-7(2)14(6-5-11)17(15,16)10-8(3)12-13-9(10)4/h7H,6H2,1-4H3,(H,12,13). The summed E-state index contributed by atoms with van der Waals surface area (Å²) in [6, 6.07) is 1.60. The normalized spacial score (nSPS) is 12.1. The van der Waals surface area contributed by atoms with Crippen molar-refractivity contribution in [3.8, 4) is 6.07 Å². The van der Waals surface area contributed by atoms with Crippen molar-refractivity contribution in [3.05, 3.63) is 11.4 Å². The van der Waals surface area contributed by atoms with Crippen molar-refractivity contribution in [3.63, 3.8) is 0 Å². The Bertz CT molecular complexity index is 520. The van der Waals surface area contributed by atoms with Crippen LogP contribution in [0.2, 0.25) is 0 Å². The molecule has 7 heteroatoms. The molecule has 0 radical (unpaired) electrons. The predicted octanol–water partition coefficient (Wildman–Crippen LogP) is 0.949. The summed E-state index contributed by atoms with van der Waals surface area (Å²) in [4.78, 5) is 0.168. The first-order valence-corrected chi connectivity index (χ1v) is 6.66. The van der Waals surface area contributed by atoms with Crippen LogP contribution in [-0.2, 0) is 10.0 Å². The molecule has 1 N–H and O–H groups in total. The molecule has 0 saturated carbocycles. The first kappa shape index (κ1) is 13.7. The largest absolute Gasteiger partial charge is 0.281 e. The number of nitrogens with zero attached hydrogens (tertiary/aromatic N) is 3. The Kier molecular flexibility index (Phi) is 3.91. The van der Waals surface area contributed by atoms with Crippen molar-refractivity contribution < 1.29 is 8.42 Å². The minimum atomic E-state index is -3.66. The molecule has 0 aromatic carbocycles. The van der Waals surface area contributed by atoms with E-state index in [4.69, 9.17) is 5.26 Å². The van der Waals surface area contributed by atoms with Crippen molar-refractivity contribution in [1.29, 1.82) is 5.26 Å². The Hall–Kier alpha value is -1.39. The van der Waals surface area contributed by atoms with Crippen LogP contribution in [0.3, 0.4) is 0 Å². The lowest BCUT2D eigenvalue weighted by Crippen LogP contribution is -2.37. The number of aryl methyl sites for hydroxylation is 2.